The zero-order valence-corrected chi connectivity index (χ0v) is 18.7. The Labute approximate surface area is 188 Å². The van der Waals surface area contributed by atoms with Crippen molar-refractivity contribution in [1.82, 2.24) is 9.62 Å². The smallest absolute Gasteiger partial charge is 0.255 e. The molecule has 1 aliphatic rings. The summed E-state index contributed by atoms with van der Waals surface area (Å²) < 4.78 is 37.7. The summed E-state index contributed by atoms with van der Waals surface area (Å²) in [5, 5.41) is 4.79. The van der Waals surface area contributed by atoms with Crippen LogP contribution in [0.1, 0.15) is 23.2 Å². The van der Waals surface area contributed by atoms with Gasteiger partial charge in [0.1, 0.15) is 18.1 Å². The Bertz CT molecular complexity index is 1200. The number of benzene rings is 3. The van der Waals surface area contributed by atoms with E-state index in [-0.39, 0.29) is 17.4 Å². The Kier molecular flexibility index (Phi) is 6.62. The van der Waals surface area contributed by atoms with Crippen LogP contribution in [0, 0.1) is 0 Å². The van der Waals surface area contributed by atoms with E-state index in [9.17, 15) is 13.2 Å². The van der Waals surface area contributed by atoms with E-state index in [4.69, 9.17) is 9.47 Å². The lowest BCUT2D eigenvalue weighted by Gasteiger charge is -2.15. The maximum atomic E-state index is 12.6. The molecule has 0 bridgehead atoms. The minimum atomic E-state index is -3.44. The van der Waals surface area contributed by atoms with Gasteiger partial charge in [-0.05, 0) is 60.0 Å². The number of methoxy groups -OCH3 is 1. The summed E-state index contributed by atoms with van der Waals surface area (Å²) >= 11 is 0. The summed E-state index contributed by atoms with van der Waals surface area (Å²) in [4.78, 5) is 12.9. The molecule has 32 heavy (non-hydrogen) atoms. The molecule has 1 N–H and O–H groups in total. The zero-order valence-electron chi connectivity index (χ0n) is 17.9. The number of amides is 1. The van der Waals surface area contributed by atoms with Gasteiger partial charge in [0, 0.05) is 13.1 Å². The highest BCUT2D eigenvalue weighted by Gasteiger charge is 2.26. The first-order valence-corrected chi connectivity index (χ1v) is 12.0. The number of nitrogens with zero attached hydrogens (tertiary/aromatic N) is 1. The number of fused-ring (bicyclic) bond motifs is 1. The fourth-order valence-electron chi connectivity index (χ4n) is 3.78. The van der Waals surface area contributed by atoms with Crippen LogP contribution in [-0.4, -0.2) is 52.0 Å². The minimum absolute atomic E-state index is 0.247. The van der Waals surface area contributed by atoms with Crippen molar-refractivity contribution in [3.05, 3.63) is 66.2 Å². The van der Waals surface area contributed by atoms with E-state index >= 15 is 0 Å². The van der Waals surface area contributed by atoms with Crippen LogP contribution in [0.3, 0.4) is 0 Å². The van der Waals surface area contributed by atoms with Gasteiger partial charge in [-0.25, -0.2) is 8.42 Å². The zero-order chi connectivity index (χ0) is 22.6. The third-order valence-electron chi connectivity index (χ3n) is 5.50. The van der Waals surface area contributed by atoms with Gasteiger partial charge in [0.15, 0.2) is 0 Å². The normalized spacial score (nSPS) is 14.4. The average molecular weight is 455 g/mol. The van der Waals surface area contributed by atoms with Crippen molar-refractivity contribution in [1.29, 1.82) is 0 Å². The van der Waals surface area contributed by atoms with Crippen molar-refractivity contribution in [3.8, 4) is 11.5 Å². The SMILES string of the molecule is COc1cc2ccccc2cc1C(=O)NCCOc1ccc(S(=O)(=O)N2CCCC2)cc1. The van der Waals surface area contributed by atoms with Crippen molar-refractivity contribution in [2.75, 3.05) is 33.4 Å². The average Bonchev–Trinajstić information content (AvgIpc) is 3.37. The number of sulfonamides is 1. The van der Waals surface area contributed by atoms with Gasteiger partial charge in [0.05, 0.1) is 24.1 Å². The number of rotatable bonds is 8. The topological polar surface area (TPSA) is 84.9 Å². The fourth-order valence-corrected chi connectivity index (χ4v) is 5.30. The van der Waals surface area contributed by atoms with E-state index in [1.807, 2.05) is 36.4 Å². The molecule has 1 saturated heterocycles. The summed E-state index contributed by atoms with van der Waals surface area (Å²) in [6.07, 6.45) is 1.80. The molecule has 3 aromatic rings. The number of nitrogens with one attached hydrogen (secondary N) is 1. The lowest BCUT2D eigenvalue weighted by atomic mass is 10.1. The predicted octanol–water partition coefficient (Wildman–Crippen LogP) is 3.44. The maximum Gasteiger partial charge on any atom is 0.255 e. The van der Waals surface area contributed by atoms with E-state index in [1.54, 1.807) is 24.3 Å². The molecule has 4 rings (SSSR count). The molecule has 7 nitrogen and oxygen atoms in total. The number of carbonyl (C=O) groups is 1. The van der Waals surface area contributed by atoms with Gasteiger partial charge in [-0.2, -0.15) is 4.31 Å². The Morgan fingerprint density at radius 1 is 1.00 bits per heavy atom. The first-order chi connectivity index (χ1) is 15.5. The number of hydrogen-bond acceptors (Lipinski definition) is 5. The van der Waals surface area contributed by atoms with Gasteiger partial charge in [-0.1, -0.05) is 24.3 Å². The van der Waals surface area contributed by atoms with Gasteiger partial charge >= 0.3 is 0 Å². The monoisotopic (exact) mass is 454 g/mol. The number of carbonyl (C=O) groups excluding carboxylic acids is 1. The largest absolute Gasteiger partial charge is 0.496 e. The van der Waals surface area contributed by atoms with Crippen LogP contribution in [-0.2, 0) is 10.0 Å². The van der Waals surface area contributed by atoms with Crippen LogP contribution in [0.4, 0.5) is 0 Å². The van der Waals surface area contributed by atoms with Gasteiger partial charge in [0.25, 0.3) is 5.91 Å². The highest BCUT2D eigenvalue weighted by molar-refractivity contribution is 7.89. The molecule has 1 heterocycles. The third-order valence-corrected chi connectivity index (χ3v) is 7.41. The Hall–Kier alpha value is -3.10. The van der Waals surface area contributed by atoms with Crippen LogP contribution >= 0.6 is 0 Å². The molecule has 8 heteroatoms. The van der Waals surface area contributed by atoms with Crippen LogP contribution in [0.2, 0.25) is 0 Å². The molecule has 0 unspecified atom stereocenters. The number of ether oxygens (including phenoxy) is 2. The van der Waals surface area contributed by atoms with Crippen molar-refractivity contribution in [2.24, 2.45) is 0 Å². The number of hydrogen-bond donors (Lipinski definition) is 1. The van der Waals surface area contributed by atoms with Crippen LogP contribution in [0.15, 0.2) is 65.6 Å². The second-order valence-electron chi connectivity index (χ2n) is 7.59. The van der Waals surface area contributed by atoms with E-state index in [0.717, 1.165) is 23.6 Å². The highest BCUT2D eigenvalue weighted by atomic mass is 32.2. The lowest BCUT2D eigenvalue weighted by molar-refractivity contribution is 0.0944. The van der Waals surface area contributed by atoms with Crippen LogP contribution in [0.25, 0.3) is 10.8 Å². The summed E-state index contributed by atoms with van der Waals surface area (Å²) in [6, 6.07) is 17.8. The molecule has 0 atom stereocenters. The third kappa shape index (κ3) is 4.71. The first kappa shape index (κ1) is 22.1. The van der Waals surface area contributed by atoms with Crippen molar-refractivity contribution < 1.29 is 22.7 Å². The Morgan fingerprint density at radius 3 is 2.31 bits per heavy atom. The summed E-state index contributed by atoms with van der Waals surface area (Å²) in [5.74, 6) is 0.808. The molecular formula is C24H26N2O5S. The Morgan fingerprint density at radius 2 is 1.66 bits per heavy atom. The Balaban J connectivity index is 1.32. The summed E-state index contributed by atoms with van der Waals surface area (Å²) in [6.45, 7) is 1.69. The molecule has 0 aromatic heterocycles. The van der Waals surface area contributed by atoms with E-state index < -0.39 is 10.0 Å². The van der Waals surface area contributed by atoms with Gasteiger partial charge in [-0.15, -0.1) is 0 Å². The molecule has 168 valence electrons. The fraction of sp³-hybridized carbons (Fsp3) is 0.292. The van der Waals surface area contributed by atoms with Gasteiger partial charge in [-0.3, -0.25) is 4.79 Å². The van der Waals surface area contributed by atoms with Gasteiger partial charge in [0.2, 0.25) is 10.0 Å². The van der Waals surface area contributed by atoms with Crippen LogP contribution < -0.4 is 14.8 Å². The van der Waals surface area contributed by atoms with Crippen molar-refractivity contribution >= 4 is 26.7 Å². The summed E-state index contributed by atoms with van der Waals surface area (Å²) in [5.41, 5.74) is 0.461. The van der Waals surface area contributed by atoms with Crippen molar-refractivity contribution in [3.63, 3.8) is 0 Å². The first-order valence-electron chi connectivity index (χ1n) is 10.6. The predicted molar refractivity (Wildman–Crippen MR) is 123 cm³/mol. The van der Waals surface area contributed by atoms with Crippen LogP contribution in [0.5, 0.6) is 11.5 Å². The molecule has 0 saturated carbocycles. The molecule has 0 aliphatic carbocycles. The van der Waals surface area contributed by atoms with Gasteiger partial charge < -0.3 is 14.8 Å². The molecule has 0 radical (unpaired) electrons. The maximum absolute atomic E-state index is 12.6. The second-order valence-corrected chi connectivity index (χ2v) is 9.52. The molecule has 0 spiro atoms. The molecular weight excluding hydrogens is 428 g/mol. The summed E-state index contributed by atoms with van der Waals surface area (Å²) in [7, 11) is -1.90. The van der Waals surface area contributed by atoms with Crippen molar-refractivity contribution in [2.45, 2.75) is 17.7 Å². The van der Waals surface area contributed by atoms with E-state index in [1.165, 1.54) is 11.4 Å². The second kappa shape index (κ2) is 9.58. The highest BCUT2D eigenvalue weighted by Crippen LogP contribution is 2.26. The molecule has 1 amide bonds. The standard InChI is InChI=1S/C24H26N2O5S/c1-30-23-17-19-7-3-2-6-18(19)16-22(23)24(27)25-12-15-31-20-8-10-21(11-9-20)32(28,29)26-13-4-5-14-26/h2-3,6-11,16-17H,4-5,12-15H2,1H3,(H,25,27). The lowest BCUT2D eigenvalue weighted by Crippen LogP contribution is -2.28. The quantitative estimate of drug-likeness (QED) is 0.527. The van der Waals surface area contributed by atoms with E-state index in [0.29, 0.717) is 36.7 Å². The molecule has 1 fully saturated rings. The minimum Gasteiger partial charge on any atom is -0.496 e. The molecule has 1 aliphatic heterocycles. The molecule has 3 aromatic carbocycles. The van der Waals surface area contributed by atoms with E-state index in [2.05, 4.69) is 5.32 Å².